The molecule has 2 fully saturated rings. The molecule has 1 atom stereocenters. The smallest absolute Gasteiger partial charge is 0.211 e. The molecule has 1 N–H and O–H groups in total. The maximum absolute atomic E-state index is 12.0. The Labute approximate surface area is 181 Å². The van der Waals surface area contributed by atoms with Crippen LogP contribution in [0.1, 0.15) is 26.7 Å². The topological polar surface area (TPSA) is 104 Å². The third-order valence-electron chi connectivity index (χ3n) is 6.06. The number of sulfonamides is 1. The van der Waals surface area contributed by atoms with E-state index < -0.39 is 10.0 Å². The van der Waals surface area contributed by atoms with Crippen LogP contribution in [0.4, 0.5) is 5.82 Å². The van der Waals surface area contributed by atoms with Crippen molar-refractivity contribution in [1.82, 2.24) is 24.5 Å². The van der Waals surface area contributed by atoms with Crippen molar-refractivity contribution in [1.29, 1.82) is 0 Å². The largest absolute Gasteiger partial charge is 0.488 e. The lowest BCUT2D eigenvalue weighted by atomic mass is 10.1. The van der Waals surface area contributed by atoms with Crippen LogP contribution in [0.25, 0.3) is 22.3 Å². The van der Waals surface area contributed by atoms with E-state index in [1.165, 1.54) is 16.9 Å². The molecular formula is C21H26N6O3S. The first-order valence-corrected chi connectivity index (χ1v) is 12.3. The first kappa shape index (κ1) is 20.2. The Hall–Kier alpha value is -2.72. The summed E-state index contributed by atoms with van der Waals surface area (Å²) in [6, 6.07) is 7.72. The van der Waals surface area contributed by atoms with Crippen LogP contribution in [0.2, 0.25) is 0 Å². The van der Waals surface area contributed by atoms with Gasteiger partial charge in [0.25, 0.3) is 0 Å². The summed E-state index contributed by atoms with van der Waals surface area (Å²) in [5, 5.41) is 8.50. The molecule has 2 aliphatic rings. The average Bonchev–Trinajstić information content (AvgIpc) is 3.30. The van der Waals surface area contributed by atoms with Gasteiger partial charge in [-0.25, -0.2) is 18.4 Å². The van der Waals surface area contributed by atoms with Crippen molar-refractivity contribution >= 4 is 26.7 Å². The van der Waals surface area contributed by atoms with Crippen LogP contribution in [0.15, 0.2) is 30.6 Å². The maximum atomic E-state index is 12.0. The minimum absolute atomic E-state index is 0.0511. The van der Waals surface area contributed by atoms with Crippen LogP contribution in [0, 0.1) is 0 Å². The number of rotatable bonds is 5. The number of benzene rings is 1. The Bertz CT molecular complexity index is 1240. The molecule has 1 saturated carbocycles. The fourth-order valence-corrected chi connectivity index (χ4v) is 5.24. The van der Waals surface area contributed by atoms with Gasteiger partial charge in [-0.2, -0.15) is 9.40 Å². The summed E-state index contributed by atoms with van der Waals surface area (Å²) in [6.45, 7) is 5.62. The molecule has 0 bridgehead atoms. The zero-order valence-corrected chi connectivity index (χ0v) is 18.7. The highest BCUT2D eigenvalue weighted by molar-refractivity contribution is 7.88. The van der Waals surface area contributed by atoms with Gasteiger partial charge in [0.2, 0.25) is 10.0 Å². The van der Waals surface area contributed by atoms with Gasteiger partial charge in [-0.05, 0) is 44.9 Å². The third-order valence-corrected chi connectivity index (χ3v) is 7.46. The van der Waals surface area contributed by atoms with E-state index in [9.17, 15) is 8.42 Å². The Morgan fingerprint density at radius 2 is 2.00 bits per heavy atom. The van der Waals surface area contributed by atoms with Gasteiger partial charge in [0.05, 0.1) is 17.5 Å². The second-order valence-electron chi connectivity index (χ2n) is 8.76. The Kier molecular flexibility index (Phi) is 4.67. The van der Waals surface area contributed by atoms with Gasteiger partial charge in [-0.15, -0.1) is 0 Å². The molecule has 1 unspecified atom stereocenters. The van der Waals surface area contributed by atoms with Crippen LogP contribution >= 0.6 is 0 Å². The van der Waals surface area contributed by atoms with Crippen molar-refractivity contribution in [3.8, 4) is 17.1 Å². The van der Waals surface area contributed by atoms with E-state index in [-0.39, 0.29) is 11.6 Å². The first-order chi connectivity index (χ1) is 14.7. The molecule has 164 valence electrons. The Morgan fingerprint density at radius 1 is 1.19 bits per heavy atom. The van der Waals surface area contributed by atoms with Gasteiger partial charge in [0, 0.05) is 37.1 Å². The predicted octanol–water partition coefficient (Wildman–Crippen LogP) is 2.42. The van der Waals surface area contributed by atoms with Crippen LogP contribution in [-0.2, 0) is 10.0 Å². The summed E-state index contributed by atoms with van der Waals surface area (Å²) >= 11 is 0. The number of aromatic nitrogens is 4. The molecule has 0 amide bonds. The summed E-state index contributed by atoms with van der Waals surface area (Å²) in [7, 11) is -3.21. The second-order valence-corrected chi connectivity index (χ2v) is 10.7. The quantitative estimate of drug-likeness (QED) is 0.647. The standard InChI is InChI=1S/C21H26N6O3S/c1-14-12-26(8-9-27(14)31(3,28)29)19-11-18(22-13-23-19)20-16-10-15(30-21(2)6-7-21)4-5-17(16)24-25-20/h4-5,10-11,13-14H,6-9,12H2,1-3H3,(H,24,25). The zero-order chi connectivity index (χ0) is 21.8. The minimum atomic E-state index is -3.21. The molecule has 1 aliphatic carbocycles. The number of fused-ring (bicyclic) bond motifs is 1. The molecule has 1 saturated heterocycles. The first-order valence-electron chi connectivity index (χ1n) is 10.4. The number of H-pyrrole nitrogens is 1. The monoisotopic (exact) mass is 442 g/mol. The van der Waals surface area contributed by atoms with Gasteiger partial charge >= 0.3 is 0 Å². The molecule has 31 heavy (non-hydrogen) atoms. The fraction of sp³-hybridized carbons (Fsp3) is 0.476. The van der Waals surface area contributed by atoms with Crippen LogP contribution in [-0.4, -0.2) is 70.4 Å². The number of aromatic amines is 1. The third kappa shape index (κ3) is 3.97. The number of piperazine rings is 1. The molecule has 10 heteroatoms. The van der Waals surface area contributed by atoms with Gasteiger partial charge in [-0.1, -0.05) is 0 Å². The maximum Gasteiger partial charge on any atom is 0.211 e. The van der Waals surface area contributed by atoms with Crippen molar-refractivity contribution in [3.63, 3.8) is 0 Å². The lowest BCUT2D eigenvalue weighted by molar-refractivity contribution is 0.200. The van der Waals surface area contributed by atoms with Crippen LogP contribution < -0.4 is 9.64 Å². The van der Waals surface area contributed by atoms with E-state index in [2.05, 4.69) is 32.0 Å². The molecule has 1 aromatic carbocycles. The number of nitrogens with one attached hydrogen (secondary N) is 1. The number of hydrogen-bond acceptors (Lipinski definition) is 7. The summed E-state index contributed by atoms with van der Waals surface area (Å²) in [4.78, 5) is 11.0. The molecule has 1 aliphatic heterocycles. The van der Waals surface area contributed by atoms with Crippen molar-refractivity contribution < 1.29 is 13.2 Å². The second kappa shape index (κ2) is 7.16. The predicted molar refractivity (Wildman–Crippen MR) is 119 cm³/mol. The molecule has 0 radical (unpaired) electrons. The number of hydrogen-bond donors (Lipinski definition) is 1. The van der Waals surface area contributed by atoms with Crippen molar-refractivity contribution in [2.45, 2.75) is 38.3 Å². The van der Waals surface area contributed by atoms with E-state index in [0.717, 1.165) is 41.0 Å². The van der Waals surface area contributed by atoms with Gasteiger partial charge < -0.3 is 9.64 Å². The summed E-state index contributed by atoms with van der Waals surface area (Å²) in [5.41, 5.74) is 2.32. The fourth-order valence-electron chi connectivity index (χ4n) is 4.11. The van der Waals surface area contributed by atoms with E-state index in [1.54, 1.807) is 0 Å². The number of anilines is 1. The van der Waals surface area contributed by atoms with Crippen molar-refractivity contribution in [3.05, 3.63) is 30.6 Å². The molecule has 9 nitrogen and oxygen atoms in total. The molecular weight excluding hydrogens is 416 g/mol. The molecule has 3 heterocycles. The molecule has 0 spiro atoms. The van der Waals surface area contributed by atoms with Gasteiger partial charge in [0.1, 0.15) is 29.2 Å². The average molecular weight is 443 g/mol. The number of ether oxygens (including phenoxy) is 1. The van der Waals surface area contributed by atoms with Gasteiger partial charge in [0.15, 0.2) is 0 Å². The van der Waals surface area contributed by atoms with E-state index in [0.29, 0.717) is 25.3 Å². The Morgan fingerprint density at radius 3 is 2.71 bits per heavy atom. The van der Waals surface area contributed by atoms with E-state index in [1.807, 2.05) is 31.2 Å². The highest BCUT2D eigenvalue weighted by Gasteiger charge is 2.40. The minimum Gasteiger partial charge on any atom is -0.488 e. The Balaban J connectivity index is 1.43. The SMILES string of the molecule is CC1CN(c2cc(-c3n[nH]c4ccc(OC5(C)CC5)cc34)ncn2)CCN1S(C)(=O)=O. The summed E-state index contributed by atoms with van der Waals surface area (Å²) < 4.78 is 31.6. The summed E-state index contributed by atoms with van der Waals surface area (Å²) in [5.74, 6) is 1.59. The normalized spacial score (nSPS) is 21.4. The molecule has 2 aromatic heterocycles. The summed E-state index contributed by atoms with van der Waals surface area (Å²) in [6.07, 6.45) is 4.93. The zero-order valence-electron chi connectivity index (χ0n) is 17.9. The lowest BCUT2D eigenvalue weighted by Crippen LogP contribution is -2.53. The van der Waals surface area contributed by atoms with Crippen molar-refractivity contribution in [2.75, 3.05) is 30.8 Å². The van der Waals surface area contributed by atoms with Crippen LogP contribution in [0.3, 0.4) is 0 Å². The number of nitrogens with zero attached hydrogens (tertiary/aromatic N) is 5. The highest BCUT2D eigenvalue weighted by atomic mass is 32.2. The van der Waals surface area contributed by atoms with Crippen molar-refractivity contribution in [2.24, 2.45) is 0 Å². The molecule has 3 aromatic rings. The highest BCUT2D eigenvalue weighted by Crippen LogP contribution is 2.40. The van der Waals surface area contributed by atoms with E-state index in [4.69, 9.17) is 4.74 Å². The van der Waals surface area contributed by atoms with Crippen LogP contribution in [0.5, 0.6) is 5.75 Å². The lowest BCUT2D eigenvalue weighted by Gasteiger charge is -2.38. The van der Waals surface area contributed by atoms with Gasteiger partial charge in [-0.3, -0.25) is 5.10 Å². The van der Waals surface area contributed by atoms with E-state index >= 15 is 0 Å². The molecule has 5 rings (SSSR count).